The van der Waals surface area contributed by atoms with Crippen LogP contribution in [0.15, 0.2) is 0 Å². The van der Waals surface area contributed by atoms with Crippen molar-refractivity contribution >= 4 is 45.5 Å². The molecule has 0 spiro atoms. The second kappa shape index (κ2) is 19.5. The van der Waals surface area contributed by atoms with E-state index in [9.17, 15) is 19.2 Å². The highest BCUT2D eigenvalue weighted by Gasteiger charge is 2.23. The number of carbonyl (C=O) groups excluding carboxylic acids is 4. The summed E-state index contributed by atoms with van der Waals surface area (Å²) in [6.07, 6.45) is 1.90. The van der Waals surface area contributed by atoms with Gasteiger partial charge in [0.2, 0.25) is 11.8 Å². The number of carbonyl (C=O) groups is 4. The Hall–Kier alpha value is -1.66. The summed E-state index contributed by atoms with van der Waals surface area (Å²) in [7, 11) is 6.58. The fraction of sp³-hybridized carbons (Fsp3) is 0.862. The third-order valence-electron chi connectivity index (χ3n) is 5.87. The summed E-state index contributed by atoms with van der Waals surface area (Å²) in [6.45, 7) is 18.5. The van der Waals surface area contributed by atoms with Gasteiger partial charge in [-0.15, -0.1) is 0 Å². The summed E-state index contributed by atoms with van der Waals surface area (Å²) >= 11 is 0. The van der Waals surface area contributed by atoms with Crippen LogP contribution in [0.25, 0.3) is 0 Å². The predicted octanol–water partition coefficient (Wildman–Crippen LogP) is 5.00. The first-order valence-corrected chi connectivity index (χ1v) is 16.6. The van der Waals surface area contributed by atoms with Gasteiger partial charge < -0.3 is 29.3 Å². The molecule has 0 saturated heterocycles. The molecule has 0 aliphatic rings. The van der Waals surface area contributed by atoms with Gasteiger partial charge in [-0.1, -0.05) is 42.4 Å². The fourth-order valence-corrected chi connectivity index (χ4v) is 5.32. The lowest BCUT2D eigenvalue weighted by Crippen LogP contribution is -2.36. The minimum absolute atomic E-state index is 0.00324. The zero-order chi connectivity index (χ0) is 31.7. The Kier molecular flexibility index (Phi) is 18.7. The Morgan fingerprint density at radius 2 is 1.41 bits per heavy atom. The lowest BCUT2D eigenvalue weighted by Gasteiger charge is -2.23. The maximum absolute atomic E-state index is 12.3. The molecule has 10 nitrogen and oxygen atoms in total. The van der Waals surface area contributed by atoms with Crippen molar-refractivity contribution < 1.29 is 33.4 Å². The Labute approximate surface area is 256 Å². The van der Waals surface area contributed by atoms with Crippen molar-refractivity contribution in [2.75, 3.05) is 65.9 Å². The number of rotatable bonds is 19. The van der Waals surface area contributed by atoms with Gasteiger partial charge in [0.15, 0.2) is 0 Å². The van der Waals surface area contributed by atoms with Crippen LogP contribution < -0.4 is 5.32 Å². The number of ether oxygens (including phenoxy) is 3. The highest BCUT2D eigenvalue weighted by Crippen LogP contribution is 2.38. The van der Waals surface area contributed by atoms with Gasteiger partial charge in [-0.2, -0.15) is 0 Å². The number of likely N-dealkylation sites (N-methyl/N-ethyl adjacent to an activating group) is 2. The molecular formula is C29H55N3O7S2. The largest absolute Gasteiger partial charge is 0.463 e. The Bertz CT molecular complexity index is 811. The fourth-order valence-electron chi connectivity index (χ4n) is 2.92. The van der Waals surface area contributed by atoms with Crippen LogP contribution in [0.4, 0.5) is 4.79 Å². The van der Waals surface area contributed by atoms with Crippen molar-refractivity contribution in [1.82, 2.24) is 15.1 Å². The lowest BCUT2D eigenvalue weighted by atomic mass is 9.93. The Morgan fingerprint density at radius 3 is 2.02 bits per heavy atom. The predicted molar refractivity (Wildman–Crippen MR) is 168 cm³/mol. The number of nitrogens with zero attached hydrogens (tertiary/aromatic N) is 2. The van der Waals surface area contributed by atoms with Crippen LogP contribution in [0.5, 0.6) is 0 Å². The van der Waals surface area contributed by atoms with Crippen LogP contribution in [-0.4, -0.2) is 104 Å². The summed E-state index contributed by atoms with van der Waals surface area (Å²) in [5.41, 5.74) is -0.362. The zero-order valence-corrected chi connectivity index (χ0v) is 28.7. The van der Waals surface area contributed by atoms with E-state index in [1.54, 1.807) is 61.4 Å². The van der Waals surface area contributed by atoms with Crippen LogP contribution in [0, 0.1) is 10.8 Å². The van der Waals surface area contributed by atoms with Crippen LogP contribution in [-0.2, 0) is 28.6 Å². The topological polar surface area (TPSA) is 114 Å². The van der Waals surface area contributed by atoms with Gasteiger partial charge in [-0.25, -0.2) is 4.79 Å². The third-order valence-corrected chi connectivity index (χ3v) is 9.18. The SMILES string of the molecule is CN(CCNC(=O)CCC(C)(C)SSCCOC(=O)N(C)CCOC(=O)C(C)(C)C)C(=O)CCOCCC(C)(C)C. The summed E-state index contributed by atoms with van der Waals surface area (Å²) in [6, 6.07) is 0. The van der Waals surface area contributed by atoms with Crippen molar-refractivity contribution in [3.8, 4) is 0 Å². The average Bonchev–Trinajstić information content (AvgIpc) is 2.85. The molecule has 0 aromatic heterocycles. The van der Waals surface area contributed by atoms with E-state index >= 15 is 0 Å². The number of hydrogen-bond acceptors (Lipinski definition) is 9. The molecule has 0 aromatic carbocycles. The minimum Gasteiger partial charge on any atom is -0.463 e. The van der Waals surface area contributed by atoms with Crippen LogP contribution in [0.3, 0.4) is 0 Å². The molecule has 0 aromatic rings. The van der Waals surface area contributed by atoms with Crippen molar-refractivity contribution in [3.05, 3.63) is 0 Å². The van der Waals surface area contributed by atoms with E-state index < -0.39 is 11.5 Å². The molecule has 0 fully saturated rings. The second-order valence-electron chi connectivity index (χ2n) is 12.9. The van der Waals surface area contributed by atoms with E-state index in [4.69, 9.17) is 14.2 Å². The normalized spacial score (nSPS) is 12.0. The number of amides is 3. The van der Waals surface area contributed by atoms with Crippen LogP contribution in [0.1, 0.15) is 81.1 Å². The van der Waals surface area contributed by atoms with Crippen LogP contribution >= 0.6 is 21.6 Å². The number of hydrogen-bond donors (Lipinski definition) is 1. The second-order valence-corrected chi connectivity index (χ2v) is 16.0. The van der Waals surface area contributed by atoms with E-state index in [2.05, 4.69) is 39.9 Å². The molecule has 0 rings (SSSR count). The van der Waals surface area contributed by atoms with Gasteiger partial charge in [0.05, 0.1) is 25.0 Å². The molecular weight excluding hydrogens is 566 g/mol. The molecule has 0 heterocycles. The first kappa shape index (κ1) is 39.3. The van der Waals surface area contributed by atoms with E-state index in [1.807, 2.05) is 0 Å². The van der Waals surface area contributed by atoms with Gasteiger partial charge in [0, 0.05) is 50.7 Å². The summed E-state index contributed by atoms with van der Waals surface area (Å²) in [4.78, 5) is 51.4. The van der Waals surface area contributed by atoms with E-state index in [0.29, 0.717) is 51.3 Å². The van der Waals surface area contributed by atoms with Gasteiger partial charge in [-0.3, -0.25) is 14.4 Å². The maximum Gasteiger partial charge on any atom is 0.409 e. The molecule has 41 heavy (non-hydrogen) atoms. The monoisotopic (exact) mass is 621 g/mol. The van der Waals surface area contributed by atoms with E-state index in [-0.39, 0.29) is 47.7 Å². The molecule has 0 radical (unpaired) electrons. The van der Waals surface area contributed by atoms with Crippen molar-refractivity contribution in [1.29, 1.82) is 0 Å². The average molecular weight is 622 g/mol. The molecule has 3 amide bonds. The van der Waals surface area contributed by atoms with Gasteiger partial charge in [0.1, 0.15) is 13.2 Å². The first-order valence-electron chi connectivity index (χ1n) is 14.3. The molecule has 0 saturated carbocycles. The molecule has 0 unspecified atom stereocenters. The molecule has 0 bridgehead atoms. The summed E-state index contributed by atoms with van der Waals surface area (Å²) in [5, 5.41) is 2.89. The maximum atomic E-state index is 12.3. The summed E-state index contributed by atoms with van der Waals surface area (Å²) < 4.78 is 15.9. The van der Waals surface area contributed by atoms with Gasteiger partial charge >= 0.3 is 12.1 Å². The van der Waals surface area contributed by atoms with Crippen molar-refractivity contribution in [3.63, 3.8) is 0 Å². The quantitative estimate of drug-likeness (QED) is 0.121. The van der Waals surface area contributed by atoms with Gasteiger partial charge in [0.25, 0.3) is 0 Å². The Morgan fingerprint density at radius 1 is 0.756 bits per heavy atom. The van der Waals surface area contributed by atoms with Crippen LogP contribution in [0.2, 0.25) is 0 Å². The minimum atomic E-state index is -0.578. The molecule has 0 aliphatic carbocycles. The molecule has 12 heteroatoms. The highest BCUT2D eigenvalue weighted by atomic mass is 33.1. The molecule has 0 atom stereocenters. The van der Waals surface area contributed by atoms with Crippen molar-refractivity contribution in [2.45, 2.75) is 85.8 Å². The summed E-state index contributed by atoms with van der Waals surface area (Å²) in [5.74, 6) is 0.264. The highest BCUT2D eigenvalue weighted by molar-refractivity contribution is 8.77. The van der Waals surface area contributed by atoms with E-state index in [0.717, 1.165) is 6.42 Å². The smallest absolute Gasteiger partial charge is 0.409 e. The first-order chi connectivity index (χ1) is 18.8. The molecule has 240 valence electrons. The number of esters is 1. The van der Waals surface area contributed by atoms with Gasteiger partial charge in [-0.05, 0) is 52.9 Å². The third kappa shape index (κ3) is 21.7. The standard InChI is InChI=1S/C29H55N3O7S2/c1-27(2,3)14-19-37-18-12-24(34)31(9)16-15-30-23(33)11-13-29(7,8)41-40-22-21-39-26(36)32(10)17-20-38-25(35)28(4,5)6/h11-22H2,1-10H3,(H,30,33). The Balaban J connectivity index is 3.98. The number of nitrogens with one attached hydrogen (secondary N) is 1. The van der Waals surface area contributed by atoms with E-state index in [1.165, 1.54) is 4.90 Å². The lowest BCUT2D eigenvalue weighted by molar-refractivity contribution is -0.153. The molecule has 1 N–H and O–H groups in total. The zero-order valence-electron chi connectivity index (χ0n) is 27.1. The van der Waals surface area contributed by atoms with Crippen molar-refractivity contribution in [2.24, 2.45) is 10.8 Å². The molecule has 0 aliphatic heterocycles.